The summed E-state index contributed by atoms with van der Waals surface area (Å²) in [6.45, 7) is 1.53. The molecule has 2 N–H and O–H groups in total. The van der Waals surface area contributed by atoms with Crippen LogP contribution in [0.4, 0.5) is 10.5 Å². The molecule has 2 saturated heterocycles. The number of nitrogens with one attached hydrogen (secondary N) is 2. The fraction of sp³-hybridized carbons (Fsp3) is 0.346. The number of aromatic nitrogens is 1. The van der Waals surface area contributed by atoms with Gasteiger partial charge in [-0.25, -0.2) is 4.79 Å². The van der Waals surface area contributed by atoms with Crippen LogP contribution in [0.15, 0.2) is 42.7 Å². The van der Waals surface area contributed by atoms with Crippen LogP contribution < -0.4 is 10.6 Å². The van der Waals surface area contributed by atoms with Gasteiger partial charge in [0, 0.05) is 49.3 Å². The summed E-state index contributed by atoms with van der Waals surface area (Å²) in [6, 6.07) is 8.24. The van der Waals surface area contributed by atoms with Gasteiger partial charge in [-0.15, -0.1) is 0 Å². The molecule has 9 nitrogen and oxygen atoms in total. The molecule has 178 valence electrons. The summed E-state index contributed by atoms with van der Waals surface area (Å²) in [5.41, 5.74) is 2.83. The third kappa shape index (κ3) is 4.73. The lowest BCUT2D eigenvalue weighted by atomic mass is 9.96. The van der Waals surface area contributed by atoms with Gasteiger partial charge in [0.1, 0.15) is 6.04 Å². The second kappa shape index (κ2) is 9.58. The molecule has 1 aromatic heterocycles. The molecular formula is C26H25N5O4. The first-order valence-electron chi connectivity index (χ1n) is 11.7. The number of amides is 5. The first-order chi connectivity index (χ1) is 17.0. The number of pyridine rings is 1. The topological polar surface area (TPSA) is 112 Å². The van der Waals surface area contributed by atoms with Crippen LogP contribution in [0.1, 0.15) is 47.2 Å². The Hall–Kier alpha value is -4.19. The quantitative estimate of drug-likeness (QED) is 0.515. The number of carbonyl (C=O) groups is 4. The molecule has 5 amide bonds. The van der Waals surface area contributed by atoms with Crippen LogP contribution in [0, 0.1) is 17.8 Å². The molecule has 0 saturated carbocycles. The molecule has 0 spiro atoms. The Morgan fingerprint density at radius 1 is 1.09 bits per heavy atom. The molecule has 0 radical (unpaired) electrons. The lowest BCUT2D eigenvalue weighted by molar-refractivity contribution is -0.136. The highest BCUT2D eigenvalue weighted by Gasteiger charge is 2.39. The average Bonchev–Trinajstić information content (AvgIpc) is 3.20. The smallest absolute Gasteiger partial charge is 0.321 e. The van der Waals surface area contributed by atoms with Crippen LogP contribution in [0.25, 0.3) is 0 Å². The number of piperidine rings is 2. The van der Waals surface area contributed by atoms with Crippen LogP contribution in [0.2, 0.25) is 0 Å². The standard InChI is InChI=1S/C26H25N5O4/c32-23-9-8-22(24(33)29-23)31-16-21-18(3-1-5-20(21)25(31)34)7-6-17-10-13-30(14-11-17)26(35)28-19-4-2-12-27-15-19/h1-5,12,15,17,22H,8-11,13-14,16H2,(H,28,35)(H,29,32,33). The number of nitrogens with zero attached hydrogens (tertiary/aromatic N) is 3. The van der Waals surface area contributed by atoms with Crippen molar-refractivity contribution in [3.8, 4) is 11.8 Å². The van der Waals surface area contributed by atoms with Crippen LogP contribution in [0.3, 0.4) is 0 Å². The summed E-state index contributed by atoms with van der Waals surface area (Å²) < 4.78 is 0. The van der Waals surface area contributed by atoms with Gasteiger partial charge in [0.15, 0.2) is 0 Å². The van der Waals surface area contributed by atoms with E-state index in [4.69, 9.17) is 0 Å². The van der Waals surface area contributed by atoms with E-state index < -0.39 is 11.9 Å². The van der Waals surface area contributed by atoms with Gasteiger partial charge >= 0.3 is 6.03 Å². The summed E-state index contributed by atoms with van der Waals surface area (Å²) in [7, 11) is 0. The van der Waals surface area contributed by atoms with Gasteiger partial charge in [0.05, 0.1) is 11.9 Å². The molecule has 3 aliphatic heterocycles. The molecule has 1 atom stereocenters. The van der Waals surface area contributed by atoms with Crippen molar-refractivity contribution in [2.75, 3.05) is 18.4 Å². The van der Waals surface area contributed by atoms with E-state index in [9.17, 15) is 19.2 Å². The zero-order chi connectivity index (χ0) is 24.4. The van der Waals surface area contributed by atoms with Crippen LogP contribution in [-0.4, -0.2) is 57.7 Å². The van der Waals surface area contributed by atoms with Crippen molar-refractivity contribution in [2.24, 2.45) is 5.92 Å². The van der Waals surface area contributed by atoms with Crippen molar-refractivity contribution < 1.29 is 19.2 Å². The number of likely N-dealkylation sites (tertiary alicyclic amines) is 1. The summed E-state index contributed by atoms with van der Waals surface area (Å²) in [5, 5.41) is 5.18. The Morgan fingerprint density at radius 2 is 1.91 bits per heavy atom. The average molecular weight is 472 g/mol. The number of anilines is 1. The van der Waals surface area contributed by atoms with Crippen LogP contribution in [-0.2, 0) is 16.1 Å². The molecule has 1 unspecified atom stereocenters. The zero-order valence-corrected chi connectivity index (χ0v) is 19.1. The number of fused-ring (bicyclic) bond motifs is 1. The molecule has 2 aromatic rings. The number of urea groups is 1. The van der Waals surface area contributed by atoms with Gasteiger partial charge in [0.2, 0.25) is 11.8 Å². The monoisotopic (exact) mass is 471 g/mol. The molecule has 0 bridgehead atoms. The minimum atomic E-state index is -0.643. The number of carbonyl (C=O) groups excluding carboxylic acids is 4. The minimum absolute atomic E-state index is 0.141. The second-order valence-corrected chi connectivity index (χ2v) is 8.93. The number of imide groups is 1. The highest BCUT2D eigenvalue weighted by Crippen LogP contribution is 2.29. The largest absolute Gasteiger partial charge is 0.324 e. The normalized spacial score (nSPS) is 20.1. The Bertz CT molecular complexity index is 1240. The number of rotatable bonds is 2. The Balaban J connectivity index is 1.22. The Kier molecular flexibility index (Phi) is 6.19. The van der Waals surface area contributed by atoms with Gasteiger partial charge in [-0.1, -0.05) is 17.9 Å². The van der Waals surface area contributed by atoms with Crippen LogP contribution >= 0.6 is 0 Å². The molecule has 35 heavy (non-hydrogen) atoms. The zero-order valence-electron chi connectivity index (χ0n) is 19.1. The first-order valence-corrected chi connectivity index (χ1v) is 11.7. The Labute approximate surface area is 202 Å². The van der Waals surface area contributed by atoms with Crippen molar-refractivity contribution in [3.63, 3.8) is 0 Å². The van der Waals surface area contributed by atoms with Gasteiger partial charge in [0.25, 0.3) is 5.91 Å². The fourth-order valence-electron chi connectivity index (χ4n) is 4.75. The lowest BCUT2D eigenvalue weighted by Gasteiger charge is -2.29. The maximum atomic E-state index is 13.0. The van der Waals surface area contributed by atoms with E-state index in [1.165, 1.54) is 4.90 Å². The number of hydrogen-bond acceptors (Lipinski definition) is 5. The van der Waals surface area contributed by atoms with E-state index in [-0.39, 0.29) is 30.2 Å². The highest BCUT2D eigenvalue weighted by atomic mass is 16.2. The van der Waals surface area contributed by atoms with Gasteiger partial charge in [-0.3, -0.25) is 24.7 Å². The van der Waals surface area contributed by atoms with E-state index in [0.717, 1.165) is 24.0 Å². The van der Waals surface area contributed by atoms with E-state index in [1.54, 1.807) is 41.6 Å². The molecular weight excluding hydrogens is 446 g/mol. The Morgan fingerprint density at radius 3 is 2.66 bits per heavy atom. The maximum Gasteiger partial charge on any atom is 0.321 e. The summed E-state index contributed by atoms with van der Waals surface area (Å²) in [6.07, 6.45) is 5.36. The lowest BCUT2D eigenvalue weighted by Crippen LogP contribution is -2.52. The predicted molar refractivity (Wildman–Crippen MR) is 127 cm³/mol. The molecule has 2 fully saturated rings. The maximum absolute atomic E-state index is 13.0. The van der Waals surface area contributed by atoms with E-state index in [0.29, 0.717) is 37.3 Å². The van der Waals surface area contributed by atoms with Crippen molar-refractivity contribution in [3.05, 3.63) is 59.4 Å². The van der Waals surface area contributed by atoms with Crippen molar-refractivity contribution >= 4 is 29.4 Å². The number of hydrogen-bond donors (Lipinski definition) is 2. The third-order valence-electron chi connectivity index (χ3n) is 6.69. The van der Waals surface area contributed by atoms with E-state index >= 15 is 0 Å². The summed E-state index contributed by atoms with van der Waals surface area (Å²) in [4.78, 5) is 56.6. The van der Waals surface area contributed by atoms with E-state index in [2.05, 4.69) is 27.5 Å². The summed E-state index contributed by atoms with van der Waals surface area (Å²) in [5.74, 6) is 5.80. The number of benzene rings is 1. The van der Waals surface area contributed by atoms with Crippen molar-refractivity contribution in [1.29, 1.82) is 0 Å². The molecule has 1 aromatic carbocycles. The molecule has 4 heterocycles. The predicted octanol–water partition coefficient (Wildman–Crippen LogP) is 2.14. The van der Waals surface area contributed by atoms with Gasteiger partial charge in [-0.2, -0.15) is 0 Å². The SMILES string of the molecule is O=C1CCC(N2Cc3c(C#CC4CCN(C(=O)Nc5cccnc5)CC4)cccc3C2=O)C(=O)N1. The molecule has 5 rings (SSSR count). The van der Waals surface area contributed by atoms with Crippen molar-refractivity contribution in [1.82, 2.24) is 20.1 Å². The minimum Gasteiger partial charge on any atom is -0.324 e. The highest BCUT2D eigenvalue weighted by molar-refractivity contribution is 6.05. The van der Waals surface area contributed by atoms with Gasteiger partial charge in [-0.05, 0) is 49.1 Å². The molecule has 9 heteroatoms. The fourth-order valence-corrected chi connectivity index (χ4v) is 4.75. The second-order valence-electron chi connectivity index (χ2n) is 8.93. The molecule has 0 aliphatic carbocycles. The third-order valence-corrected chi connectivity index (χ3v) is 6.69. The van der Waals surface area contributed by atoms with E-state index in [1.807, 2.05) is 6.07 Å². The van der Waals surface area contributed by atoms with Crippen LogP contribution in [0.5, 0.6) is 0 Å². The van der Waals surface area contributed by atoms with Gasteiger partial charge < -0.3 is 15.1 Å². The van der Waals surface area contributed by atoms with Crippen molar-refractivity contribution in [2.45, 2.75) is 38.3 Å². The molecule has 3 aliphatic rings. The first kappa shape index (κ1) is 22.6. The summed E-state index contributed by atoms with van der Waals surface area (Å²) >= 11 is 0.